The van der Waals surface area contributed by atoms with Gasteiger partial charge in [0.15, 0.2) is 5.82 Å². The average Bonchev–Trinajstić information content (AvgIpc) is 2.75. The topological polar surface area (TPSA) is 67.7 Å². The normalized spacial score (nSPS) is 14.8. The van der Waals surface area contributed by atoms with E-state index in [1.807, 2.05) is 11.9 Å². The van der Waals surface area contributed by atoms with E-state index in [2.05, 4.69) is 9.88 Å². The summed E-state index contributed by atoms with van der Waals surface area (Å²) >= 11 is 0. The molecule has 4 rings (SSSR count). The highest BCUT2D eigenvalue weighted by Crippen LogP contribution is 2.28. The van der Waals surface area contributed by atoms with Gasteiger partial charge in [0.05, 0.1) is 29.7 Å². The van der Waals surface area contributed by atoms with E-state index in [4.69, 9.17) is 4.74 Å². The molecule has 0 saturated carbocycles. The number of carbonyl (C=O) groups excluding carboxylic acids is 1. The molecule has 31 heavy (non-hydrogen) atoms. The van der Waals surface area contributed by atoms with E-state index in [-0.39, 0.29) is 23.2 Å². The van der Waals surface area contributed by atoms with Crippen LogP contribution in [-0.2, 0) is 4.74 Å². The van der Waals surface area contributed by atoms with E-state index < -0.39 is 23.0 Å². The Morgan fingerprint density at radius 3 is 2.55 bits per heavy atom. The fourth-order valence-electron chi connectivity index (χ4n) is 3.74. The van der Waals surface area contributed by atoms with Crippen LogP contribution in [0.25, 0.3) is 16.6 Å². The SMILES string of the molecule is CCOC(=O)c1cn(-c2ccncc2F)c2cc(N3CCN(C)CC3)c(F)cc2c1=O. The molecule has 162 valence electrons. The van der Waals surface area contributed by atoms with Crippen molar-refractivity contribution < 1.29 is 18.3 Å². The van der Waals surface area contributed by atoms with Crippen LogP contribution in [0.3, 0.4) is 0 Å². The summed E-state index contributed by atoms with van der Waals surface area (Å²) in [5, 5.41) is -0.0304. The molecule has 1 aliphatic heterocycles. The lowest BCUT2D eigenvalue weighted by atomic mass is 10.1. The summed E-state index contributed by atoms with van der Waals surface area (Å²) in [5.41, 5.74) is -0.257. The lowest BCUT2D eigenvalue weighted by Crippen LogP contribution is -2.44. The smallest absolute Gasteiger partial charge is 0.343 e. The monoisotopic (exact) mass is 428 g/mol. The highest BCUT2D eigenvalue weighted by atomic mass is 19.1. The molecule has 1 aromatic carbocycles. The van der Waals surface area contributed by atoms with E-state index in [1.165, 1.54) is 29.1 Å². The molecule has 1 fully saturated rings. The highest BCUT2D eigenvalue weighted by Gasteiger charge is 2.23. The van der Waals surface area contributed by atoms with Crippen LogP contribution in [0.4, 0.5) is 14.5 Å². The molecule has 0 unspecified atom stereocenters. The van der Waals surface area contributed by atoms with Crippen LogP contribution in [0.15, 0.2) is 41.6 Å². The second kappa shape index (κ2) is 8.43. The average molecular weight is 428 g/mol. The number of carbonyl (C=O) groups is 1. The number of nitrogens with zero attached hydrogens (tertiary/aromatic N) is 4. The molecular weight excluding hydrogens is 406 g/mol. The van der Waals surface area contributed by atoms with Crippen LogP contribution < -0.4 is 10.3 Å². The van der Waals surface area contributed by atoms with Crippen molar-refractivity contribution in [3.63, 3.8) is 0 Å². The number of benzene rings is 1. The minimum Gasteiger partial charge on any atom is -0.462 e. The van der Waals surface area contributed by atoms with Gasteiger partial charge in [-0.3, -0.25) is 9.78 Å². The Labute approximate surface area is 177 Å². The summed E-state index contributed by atoms with van der Waals surface area (Å²) in [6, 6.07) is 4.07. The number of aromatic nitrogens is 2. The lowest BCUT2D eigenvalue weighted by molar-refractivity contribution is 0.0524. The molecule has 0 bridgehead atoms. The summed E-state index contributed by atoms with van der Waals surface area (Å²) in [5.74, 6) is -2.06. The number of fused-ring (bicyclic) bond motifs is 1. The fourth-order valence-corrected chi connectivity index (χ4v) is 3.74. The summed E-state index contributed by atoms with van der Waals surface area (Å²) in [6.07, 6.45) is 3.68. The number of rotatable bonds is 4. The molecule has 0 atom stereocenters. The van der Waals surface area contributed by atoms with Gasteiger partial charge in [0.2, 0.25) is 5.43 Å². The van der Waals surface area contributed by atoms with Crippen molar-refractivity contribution in [3.05, 3.63) is 64.2 Å². The van der Waals surface area contributed by atoms with E-state index >= 15 is 4.39 Å². The Bertz CT molecular complexity index is 1200. The molecular formula is C22H22F2N4O3. The second-order valence-electron chi connectivity index (χ2n) is 7.40. The van der Waals surface area contributed by atoms with Crippen molar-refractivity contribution in [3.8, 4) is 5.69 Å². The zero-order chi connectivity index (χ0) is 22.1. The van der Waals surface area contributed by atoms with Gasteiger partial charge in [0.25, 0.3) is 0 Å². The Hall–Kier alpha value is -3.33. The van der Waals surface area contributed by atoms with Crippen molar-refractivity contribution in [2.75, 3.05) is 44.7 Å². The molecule has 0 N–H and O–H groups in total. The first-order valence-corrected chi connectivity index (χ1v) is 10.00. The van der Waals surface area contributed by atoms with Gasteiger partial charge in [0, 0.05) is 44.0 Å². The third kappa shape index (κ3) is 3.88. The van der Waals surface area contributed by atoms with Gasteiger partial charge in [-0.15, -0.1) is 0 Å². The number of hydrogen-bond acceptors (Lipinski definition) is 6. The van der Waals surface area contributed by atoms with Crippen molar-refractivity contribution >= 4 is 22.6 Å². The first kappa shape index (κ1) is 20.9. The Kier molecular flexibility index (Phi) is 5.69. The number of ether oxygens (including phenoxy) is 1. The second-order valence-corrected chi connectivity index (χ2v) is 7.40. The maximum absolute atomic E-state index is 15.1. The van der Waals surface area contributed by atoms with Gasteiger partial charge >= 0.3 is 5.97 Å². The molecule has 0 amide bonds. The number of hydrogen-bond donors (Lipinski definition) is 0. The minimum absolute atomic E-state index is 0.0304. The maximum Gasteiger partial charge on any atom is 0.343 e. The van der Waals surface area contributed by atoms with Crippen molar-refractivity contribution in [1.29, 1.82) is 0 Å². The van der Waals surface area contributed by atoms with E-state index in [0.29, 0.717) is 24.3 Å². The van der Waals surface area contributed by atoms with Gasteiger partial charge in [0.1, 0.15) is 11.4 Å². The zero-order valence-electron chi connectivity index (χ0n) is 17.3. The molecule has 1 saturated heterocycles. The van der Waals surface area contributed by atoms with Crippen LogP contribution in [-0.4, -0.2) is 60.3 Å². The van der Waals surface area contributed by atoms with Crippen molar-refractivity contribution in [2.24, 2.45) is 0 Å². The van der Waals surface area contributed by atoms with E-state index in [9.17, 15) is 14.0 Å². The summed E-state index contributed by atoms with van der Waals surface area (Å²) in [4.78, 5) is 33.1. The number of likely N-dealkylation sites (N-methyl/N-ethyl adjacent to an activating group) is 1. The standard InChI is InChI=1S/C22H22F2N4O3/c1-3-31-22(30)15-13-28(18-4-5-25-12-17(18)24)19-11-20(16(23)10-14(19)21(15)29)27-8-6-26(2)7-9-27/h4-5,10-13H,3,6-9H2,1-2H3. The van der Waals surface area contributed by atoms with Gasteiger partial charge in [-0.05, 0) is 32.2 Å². The highest BCUT2D eigenvalue weighted by molar-refractivity contribution is 5.95. The molecule has 0 aliphatic carbocycles. The molecule has 3 heterocycles. The quantitative estimate of drug-likeness (QED) is 0.595. The molecule has 3 aromatic rings. The summed E-state index contributed by atoms with van der Waals surface area (Å²) < 4.78 is 36.0. The summed E-state index contributed by atoms with van der Waals surface area (Å²) in [7, 11) is 1.99. The fraction of sp³-hybridized carbons (Fsp3) is 0.318. The van der Waals surface area contributed by atoms with Gasteiger partial charge < -0.3 is 19.1 Å². The van der Waals surface area contributed by atoms with Crippen LogP contribution in [0, 0.1) is 11.6 Å². The molecule has 1 aliphatic rings. The van der Waals surface area contributed by atoms with Crippen molar-refractivity contribution in [1.82, 2.24) is 14.5 Å². The minimum atomic E-state index is -0.846. The lowest BCUT2D eigenvalue weighted by Gasteiger charge is -2.34. The van der Waals surface area contributed by atoms with Crippen LogP contribution in [0.1, 0.15) is 17.3 Å². The van der Waals surface area contributed by atoms with Gasteiger partial charge in [-0.25, -0.2) is 13.6 Å². The largest absolute Gasteiger partial charge is 0.462 e. The van der Waals surface area contributed by atoms with E-state index in [1.54, 1.807) is 6.92 Å². The Morgan fingerprint density at radius 1 is 1.13 bits per heavy atom. The van der Waals surface area contributed by atoms with Crippen LogP contribution in [0.5, 0.6) is 0 Å². The first-order chi connectivity index (χ1) is 14.9. The van der Waals surface area contributed by atoms with Gasteiger partial charge in [-0.1, -0.05) is 0 Å². The third-order valence-corrected chi connectivity index (χ3v) is 5.42. The maximum atomic E-state index is 15.1. The zero-order valence-corrected chi connectivity index (χ0v) is 17.3. The number of esters is 1. The molecule has 0 radical (unpaired) electrons. The Morgan fingerprint density at radius 2 is 1.87 bits per heavy atom. The first-order valence-electron chi connectivity index (χ1n) is 10.00. The molecule has 7 nitrogen and oxygen atoms in total. The van der Waals surface area contributed by atoms with Crippen LogP contribution in [0.2, 0.25) is 0 Å². The number of anilines is 1. The molecule has 0 spiro atoms. The number of piperazine rings is 1. The molecule has 9 heteroatoms. The van der Waals surface area contributed by atoms with E-state index in [0.717, 1.165) is 25.4 Å². The van der Waals surface area contributed by atoms with Crippen molar-refractivity contribution in [2.45, 2.75) is 6.92 Å². The molecule has 2 aromatic heterocycles. The number of pyridine rings is 2. The van der Waals surface area contributed by atoms with Gasteiger partial charge in [-0.2, -0.15) is 0 Å². The van der Waals surface area contributed by atoms with Crippen LogP contribution >= 0.6 is 0 Å². The summed E-state index contributed by atoms with van der Waals surface area (Å²) in [6.45, 7) is 4.45. The third-order valence-electron chi connectivity index (χ3n) is 5.42. The Balaban J connectivity index is 1.98. The number of halogens is 2. The predicted octanol–water partition coefficient (Wildman–Crippen LogP) is 2.59. The predicted molar refractivity (Wildman–Crippen MR) is 113 cm³/mol.